The van der Waals surface area contributed by atoms with Crippen LogP contribution in [0.25, 0.3) is 22.5 Å². The van der Waals surface area contributed by atoms with Crippen LogP contribution >= 0.6 is 0 Å². The number of nitrogens with zero attached hydrogens (tertiary/aromatic N) is 3. The van der Waals surface area contributed by atoms with E-state index < -0.39 is 0 Å². The van der Waals surface area contributed by atoms with Crippen LogP contribution in [0.2, 0.25) is 0 Å². The molecule has 1 saturated heterocycles. The monoisotopic (exact) mass is 497 g/mol. The molecule has 37 heavy (non-hydrogen) atoms. The number of likely N-dealkylation sites (tertiary alicyclic amines) is 1. The Kier molecular flexibility index (Phi) is 7.76. The van der Waals surface area contributed by atoms with Crippen molar-refractivity contribution in [3.63, 3.8) is 0 Å². The van der Waals surface area contributed by atoms with Crippen molar-refractivity contribution in [3.8, 4) is 39.8 Å². The molecule has 0 unspecified atom stereocenters. The molecule has 0 amide bonds. The lowest BCUT2D eigenvalue weighted by atomic mass is 9.99. The average Bonchev–Trinajstić information content (AvgIpc) is 3.29. The minimum absolute atomic E-state index is 0.234. The lowest BCUT2D eigenvalue weighted by Crippen LogP contribution is -2.33. The Bertz CT molecular complexity index is 1290. The molecule has 0 atom stereocenters. The zero-order valence-corrected chi connectivity index (χ0v) is 21.4. The predicted molar refractivity (Wildman–Crippen MR) is 147 cm³/mol. The van der Waals surface area contributed by atoms with Gasteiger partial charge >= 0.3 is 0 Å². The highest BCUT2D eigenvalue weighted by Gasteiger charge is 2.20. The van der Waals surface area contributed by atoms with Gasteiger partial charge in [-0.05, 0) is 98.6 Å². The third-order valence-electron chi connectivity index (χ3n) is 7.07. The van der Waals surface area contributed by atoms with Gasteiger partial charge < -0.3 is 14.9 Å². The van der Waals surface area contributed by atoms with Crippen LogP contribution in [0.15, 0.2) is 72.8 Å². The van der Waals surface area contributed by atoms with Crippen LogP contribution in [0, 0.1) is 0 Å². The highest BCUT2D eigenvalue weighted by Crippen LogP contribution is 2.34. The van der Waals surface area contributed by atoms with E-state index in [1.165, 1.54) is 32.4 Å². The summed E-state index contributed by atoms with van der Waals surface area (Å²) in [5.41, 5.74) is 6.17. The van der Waals surface area contributed by atoms with E-state index in [-0.39, 0.29) is 11.5 Å². The Hall–Kier alpha value is -3.77. The number of rotatable bonds is 9. The van der Waals surface area contributed by atoms with Gasteiger partial charge in [0.15, 0.2) is 0 Å². The quantitative estimate of drug-likeness (QED) is 0.292. The Morgan fingerprint density at radius 3 is 2.03 bits per heavy atom. The summed E-state index contributed by atoms with van der Waals surface area (Å²) in [6.07, 6.45) is 4.74. The molecule has 1 aromatic heterocycles. The third-order valence-corrected chi connectivity index (χ3v) is 7.07. The lowest BCUT2D eigenvalue weighted by Gasteiger charge is -2.26. The number of piperidine rings is 1. The van der Waals surface area contributed by atoms with E-state index in [0.717, 1.165) is 52.4 Å². The van der Waals surface area contributed by atoms with E-state index >= 15 is 0 Å². The van der Waals surface area contributed by atoms with E-state index in [1.807, 2.05) is 41.1 Å². The van der Waals surface area contributed by atoms with Crippen molar-refractivity contribution in [2.75, 3.05) is 26.2 Å². The van der Waals surface area contributed by atoms with Crippen LogP contribution < -0.4 is 4.74 Å². The summed E-state index contributed by atoms with van der Waals surface area (Å²) in [5.74, 6) is 1.36. The summed E-state index contributed by atoms with van der Waals surface area (Å²) in [4.78, 5) is 2.48. The summed E-state index contributed by atoms with van der Waals surface area (Å²) in [5, 5.41) is 24.6. The molecule has 0 spiro atoms. The van der Waals surface area contributed by atoms with Gasteiger partial charge in [0.25, 0.3) is 0 Å². The number of ether oxygens (including phenoxy) is 1. The summed E-state index contributed by atoms with van der Waals surface area (Å²) in [6.45, 7) is 6.79. The molecular formula is C31H35N3O3. The zero-order chi connectivity index (χ0) is 25.6. The molecule has 2 N–H and O–H groups in total. The molecule has 1 fully saturated rings. The maximum absolute atomic E-state index is 9.84. The van der Waals surface area contributed by atoms with E-state index in [4.69, 9.17) is 9.84 Å². The van der Waals surface area contributed by atoms with Crippen molar-refractivity contribution in [2.24, 2.45) is 0 Å². The van der Waals surface area contributed by atoms with Crippen LogP contribution in [0.1, 0.15) is 37.3 Å². The summed E-state index contributed by atoms with van der Waals surface area (Å²) < 4.78 is 8.06. The Morgan fingerprint density at radius 2 is 1.41 bits per heavy atom. The zero-order valence-electron chi connectivity index (χ0n) is 21.4. The molecule has 0 aliphatic carbocycles. The average molecular weight is 498 g/mol. The molecule has 6 nitrogen and oxygen atoms in total. The first-order valence-electron chi connectivity index (χ1n) is 13.2. The van der Waals surface area contributed by atoms with Gasteiger partial charge in [0.05, 0.1) is 17.9 Å². The van der Waals surface area contributed by atoms with Crippen molar-refractivity contribution < 1.29 is 14.9 Å². The van der Waals surface area contributed by atoms with Crippen LogP contribution in [-0.4, -0.2) is 51.1 Å². The second kappa shape index (κ2) is 11.5. The van der Waals surface area contributed by atoms with E-state index in [0.29, 0.717) is 13.2 Å². The molecule has 3 aromatic carbocycles. The van der Waals surface area contributed by atoms with Crippen molar-refractivity contribution in [1.29, 1.82) is 0 Å². The summed E-state index contributed by atoms with van der Waals surface area (Å²) in [6, 6.07) is 22.8. The molecule has 192 valence electrons. The number of hydrogen-bond donors (Lipinski definition) is 2. The number of phenols is 2. The first-order valence-corrected chi connectivity index (χ1v) is 13.2. The molecule has 1 aliphatic heterocycles. The second-order valence-electron chi connectivity index (χ2n) is 9.68. The normalized spacial score (nSPS) is 14.1. The highest BCUT2D eigenvalue weighted by atomic mass is 16.5. The number of aromatic hydroxyl groups is 2. The van der Waals surface area contributed by atoms with E-state index in [1.54, 1.807) is 24.3 Å². The standard InChI is InChI=1S/C31H35N3O3/c1-2-29-30(24-8-12-26(35)13-9-24)32-34(31(29)25-10-14-27(36)15-11-25)22-23-6-16-28(17-7-23)37-21-20-33-18-4-3-5-19-33/h6-17,35-36H,2-5,18-22H2,1H3. The fraction of sp³-hybridized carbons (Fsp3) is 0.323. The van der Waals surface area contributed by atoms with Crippen LogP contribution in [0.5, 0.6) is 17.2 Å². The number of aromatic nitrogens is 2. The Labute approximate surface area is 218 Å². The fourth-order valence-electron chi connectivity index (χ4n) is 5.08. The topological polar surface area (TPSA) is 70.8 Å². The molecule has 1 aliphatic rings. The molecule has 2 heterocycles. The van der Waals surface area contributed by atoms with Gasteiger partial charge in [-0.1, -0.05) is 25.5 Å². The van der Waals surface area contributed by atoms with Crippen LogP contribution in [0.4, 0.5) is 0 Å². The SMILES string of the molecule is CCc1c(-c2ccc(O)cc2)nn(Cc2ccc(OCCN3CCCCC3)cc2)c1-c1ccc(O)cc1. The maximum atomic E-state index is 9.84. The largest absolute Gasteiger partial charge is 0.508 e. The lowest BCUT2D eigenvalue weighted by molar-refractivity contribution is 0.183. The molecule has 0 saturated carbocycles. The summed E-state index contributed by atoms with van der Waals surface area (Å²) in [7, 11) is 0. The van der Waals surface area contributed by atoms with Gasteiger partial charge in [0, 0.05) is 23.2 Å². The predicted octanol–water partition coefficient (Wildman–Crippen LogP) is 6.10. The van der Waals surface area contributed by atoms with Crippen molar-refractivity contribution in [2.45, 2.75) is 39.2 Å². The molecular weight excluding hydrogens is 462 g/mol. The first-order chi connectivity index (χ1) is 18.1. The molecule has 0 bridgehead atoms. The van der Waals surface area contributed by atoms with Gasteiger partial charge in [-0.25, -0.2) is 0 Å². The Balaban J connectivity index is 1.38. The van der Waals surface area contributed by atoms with Crippen molar-refractivity contribution in [1.82, 2.24) is 14.7 Å². The van der Waals surface area contributed by atoms with Gasteiger partial charge in [-0.15, -0.1) is 0 Å². The summed E-state index contributed by atoms with van der Waals surface area (Å²) >= 11 is 0. The number of benzene rings is 3. The van der Waals surface area contributed by atoms with E-state index in [9.17, 15) is 10.2 Å². The maximum Gasteiger partial charge on any atom is 0.119 e. The van der Waals surface area contributed by atoms with Gasteiger partial charge in [-0.3, -0.25) is 9.58 Å². The number of hydrogen-bond acceptors (Lipinski definition) is 5. The van der Waals surface area contributed by atoms with Crippen LogP contribution in [0.3, 0.4) is 0 Å². The van der Waals surface area contributed by atoms with Crippen molar-refractivity contribution >= 4 is 0 Å². The smallest absolute Gasteiger partial charge is 0.119 e. The van der Waals surface area contributed by atoms with E-state index in [2.05, 4.69) is 24.0 Å². The minimum atomic E-state index is 0.234. The van der Waals surface area contributed by atoms with Crippen LogP contribution in [-0.2, 0) is 13.0 Å². The number of phenolic OH excluding ortho intramolecular Hbond substituents is 2. The highest BCUT2D eigenvalue weighted by molar-refractivity contribution is 5.75. The first kappa shape index (κ1) is 24.9. The Morgan fingerprint density at radius 1 is 0.784 bits per heavy atom. The minimum Gasteiger partial charge on any atom is -0.508 e. The van der Waals surface area contributed by atoms with Crippen molar-refractivity contribution in [3.05, 3.63) is 83.9 Å². The molecule has 6 heteroatoms. The van der Waals surface area contributed by atoms with Gasteiger partial charge in [-0.2, -0.15) is 5.10 Å². The molecule has 5 rings (SSSR count). The van der Waals surface area contributed by atoms with Gasteiger partial charge in [0.1, 0.15) is 23.9 Å². The van der Waals surface area contributed by atoms with Gasteiger partial charge in [0.2, 0.25) is 0 Å². The molecule has 4 aromatic rings. The second-order valence-corrected chi connectivity index (χ2v) is 9.68. The third kappa shape index (κ3) is 5.97. The molecule has 0 radical (unpaired) electrons. The fourth-order valence-corrected chi connectivity index (χ4v) is 5.08.